The highest BCUT2D eigenvalue weighted by molar-refractivity contribution is 5.92. The Bertz CT molecular complexity index is 884. The van der Waals surface area contributed by atoms with Crippen molar-refractivity contribution in [3.63, 3.8) is 0 Å². The van der Waals surface area contributed by atoms with E-state index in [2.05, 4.69) is 86.5 Å². The Balaban J connectivity index is 1.75. The van der Waals surface area contributed by atoms with Crippen LogP contribution in [0, 0.1) is 0 Å². The lowest BCUT2D eigenvalue weighted by Crippen LogP contribution is -2.31. The Hall–Kier alpha value is -2.28. The first-order valence-electron chi connectivity index (χ1n) is 8.45. The quantitative estimate of drug-likeness (QED) is 0.668. The Morgan fingerprint density at radius 1 is 0.913 bits per heavy atom. The number of para-hydroxylation sites is 1. The third-order valence-electron chi connectivity index (χ3n) is 6.03. The fraction of sp³-hybridized carbons (Fsp3) is 0.273. The van der Waals surface area contributed by atoms with Crippen LogP contribution in [0.2, 0.25) is 0 Å². The van der Waals surface area contributed by atoms with Gasteiger partial charge in [-0.3, -0.25) is 0 Å². The van der Waals surface area contributed by atoms with E-state index in [-0.39, 0.29) is 5.41 Å². The summed E-state index contributed by atoms with van der Waals surface area (Å²) >= 11 is 0. The van der Waals surface area contributed by atoms with Gasteiger partial charge in [-0.1, -0.05) is 68.5 Å². The Morgan fingerprint density at radius 2 is 1.65 bits per heavy atom. The molecule has 1 nitrogen and oxygen atoms in total. The van der Waals surface area contributed by atoms with E-state index in [1.54, 1.807) is 0 Å². The molecule has 114 valence electrons. The summed E-state index contributed by atoms with van der Waals surface area (Å²) < 4.78 is 0. The second kappa shape index (κ2) is 4.17. The van der Waals surface area contributed by atoms with Gasteiger partial charge >= 0.3 is 0 Å². The van der Waals surface area contributed by atoms with E-state index < -0.39 is 0 Å². The first-order valence-corrected chi connectivity index (χ1v) is 8.45. The van der Waals surface area contributed by atoms with Crippen LogP contribution in [0.15, 0.2) is 66.3 Å². The summed E-state index contributed by atoms with van der Waals surface area (Å²) in [6.45, 7) is 4.72. The average Bonchev–Trinajstić information content (AvgIpc) is 2.98. The minimum Gasteiger partial charge on any atom is -0.367 e. The van der Waals surface area contributed by atoms with Gasteiger partial charge in [-0.2, -0.15) is 0 Å². The normalized spacial score (nSPS) is 26.0. The molecular weight excluding hydrogens is 278 g/mol. The van der Waals surface area contributed by atoms with Crippen LogP contribution in [0.4, 0.5) is 5.69 Å². The lowest BCUT2D eigenvalue weighted by molar-refractivity contribution is 0.635. The summed E-state index contributed by atoms with van der Waals surface area (Å²) in [7, 11) is 2.23. The second-order valence-electron chi connectivity index (χ2n) is 7.52. The van der Waals surface area contributed by atoms with Crippen LogP contribution < -0.4 is 4.90 Å². The van der Waals surface area contributed by atoms with Crippen molar-refractivity contribution in [1.82, 2.24) is 0 Å². The average molecular weight is 299 g/mol. The van der Waals surface area contributed by atoms with E-state index in [1.165, 1.54) is 33.5 Å². The molecule has 2 aliphatic carbocycles. The third-order valence-corrected chi connectivity index (χ3v) is 6.03. The van der Waals surface area contributed by atoms with Crippen LogP contribution in [0.3, 0.4) is 0 Å². The van der Waals surface area contributed by atoms with Crippen molar-refractivity contribution in [1.29, 1.82) is 0 Å². The Morgan fingerprint density at radius 3 is 2.52 bits per heavy atom. The number of anilines is 1. The molecule has 0 saturated carbocycles. The number of allylic oxidation sites excluding steroid dienone is 2. The molecule has 1 aliphatic heterocycles. The number of benzene rings is 2. The minimum atomic E-state index is 0.100. The van der Waals surface area contributed by atoms with Crippen LogP contribution in [0.1, 0.15) is 36.5 Å². The summed E-state index contributed by atoms with van der Waals surface area (Å²) in [5.74, 6) is 0.469. The zero-order chi connectivity index (χ0) is 15.8. The molecule has 23 heavy (non-hydrogen) atoms. The molecule has 0 N–H and O–H groups in total. The summed E-state index contributed by atoms with van der Waals surface area (Å²) in [4.78, 5) is 2.44. The number of fused-ring (bicyclic) bond motifs is 6. The van der Waals surface area contributed by atoms with E-state index >= 15 is 0 Å². The van der Waals surface area contributed by atoms with Gasteiger partial charge in [0.1, 0.15) is 0 Å². The Labute approximate surface area is 138 Å². The monoisotopic (exact) mass is 299 g/mol. The van der Waals surface area contributed by atoms with Gasteiger partial charge in [-0.25, -0.2) is 0 Å². The summed E-state index contributed by atoms with van der Waals surface area (Å²) in [5, 5.41) is 0. The largest absolute Gasteiger partial charge is 0.367 e. The lowest BCUT2D eigenvalue weighted by Gasteiger charge is -2.31. The number of hydrogen-bond donors (Lipinski definition) is 0. The molecule has 3 aliphatic rings. The molecule has 0 spiro atoms. The van der Waals surface area contributed by atoms with Crippen LogP contribution in [-0.2, 0) is 5.41 Å². The zero-order valence-corrected chi connectivity index (χ0v) is 13.9. The fourth-order valence-electron chi connectivity index (χ4n) is 4.80. The molecule has 0 amide bonds. The van der Waals surface area contributed by atoms with Gasteiger partial charge in [0.2, 0.25) is 0 Å². The highest BCUT2D eigenvalue weighted by atomic mass is 15.2. The van der Waals surface area contributed by atoms with Gasteiger partial charge in [-0.05, 0) is 33.9 Å². The molecular formula is C22H21N. The smallest absolute Gasteiger partial charge is 0.0580 e. The summed E-state index contributed by atoms with van der Waals surface area (Å²) in [6.07, 6.45) is 5.05. The van der Waals surface area contributed by atoms with E-state index in [1.807, 2.05) is 0 Å². The number of nitrogens with zero attached hydrogens (tertiary/aromatic N) is 1. The molecule has 0 radical (unpaired) electrons. The van der Waals surface area contributed by atoms with Crippen molar-refractivity contribution >= 4 is 11.3 Å². The maximum Gasteiger partial charge on any atom is 0.0580 e. The molecule has 0 fully saturated rings. The first kappa shape index (κ1) is 13.2. The summed E-state index contributed by atoms with van der Waals surface area (Å²) in [5.41, 5.74) is 8.79. The van der Waals surface area contributed by atoms with E-state index in [0.717, 1.165) is 0 Å². The number of rotatable bonds is 0. The molecule has 0 aromatic heterocycles. The molecule has 5 rings (SSSR count). The van der Waals surface area contributed by atoms with Crippen molar-refractivity contribution in [2.24, 2.45) is 0 Å². The Kier molecular flexibility index (Phi) is 2.39. The molecule has 2 aromatic carbocycles. The van der Waals surface area contributed by atoms with Crippen LogP contribution >= 0.6 is 0 Å². The van der Waals surface area contributed by atoms with Gasteiger partial charge in [-0.15, -0.1) is 0 Å². The van der Waals surface area contributed by atoms with Gasteiger partial charge < -0.3 is 4.90 Å². The van der Waals surface area contributed by atoms with E-state index in [4.69, 9.17) is 0 Å². The molecule has 0 saturated heterocycles. The van der Waals surface area contributed by atoms with Gasteiger partial charge in [0, 0.05) is 24.1 Å². The van der Waals surface area contributed by atoms with Crippen molar-refractivity contribution in [3.05, 3.63) is 82.9 Å². The van der Waals surface area contributed by atoms with Gasteiger partial charge in [0.25, 0.3) is 0 Å². The van der Waals surface area contributed by atoms with Gasteiger partial charge in [0.15, 0.2) is 0 Å². The predicted octanol–water partition coefficient (Wildman–Crippen LogP) is 4.90. The predicted molar refractivity (Wildman–Crippen MR) is 96.9 cm³/mol. The fourth-order valence-corrected chi connectivity index (χ4v) is 4.80. The minimum absolute atomic E-state index is 0.100. The SMILES string of the molecule is CN1c2ccccc2C2C=C3C(=CC21)C(C)(C)c1ccccc13. The highest BCUT2D eigenvalue weighted by Gasteiger charge is 2.44. The maximum atomic E-state index is 2.53. The van der Waals surface area contributed by atoms with Crippen LogP contribution in [0.25, 0.3) is 5.57 Å². The van der Waals surface area contributed by atoms with Crippen LogP contribution in [-0.4, -0.2) is 13.1 Å². The maximum absolute atomic E-state index is 2.53. The van der Waals surface area contributed by atoms with Crippen molar-refractivity contribution in [2.45, 2.75) is 31.2 Å². The molecule has 2 atom stereocenters. The lowest BCUT2D eigenvalue weighted by atomic mass is 9.77. The molecule has 1 heterocycles. The molecule has 1 heteroatoms. The van der Waals surface area contributed by atoms with Crippen LogP contribution in [0.5, 0.6) is 0 Å². The molecule has 0 bridgehead atoms. The molecule has 2 unspecified atom stereocenters. The third kappa shape index (κ3) is 1.53. The van der Waals surface area contributed by atoms with Crippen molar-refractivity contribution in [2.75, 3.05) is 11.9 Å². The van der Waals surface area contributed by atoms with E-state index in [0.29, 0.717) is 12.0 Å². The standard InChI is InChI=1S/C22H21N/c1-22(2)18-10-6-4-8-14(18)16-12-17-15-9-5-7-11-20(15)23(3)21(17)13-19(16)22/h4-13,17,21H,1-3H3. The zero-order valence-electron chi connectivity index (χ0n) is 13.9. The first-order chi connectivity index (χ1) is 11.1. The second-order valence-corrected chi connectivity index (χ2v) is 7.52. The number of hydrogen-bond acceptors (Lipinski definition) is 1. The van der Waals surface area contributed by atoms with E-state index in [9.17, 15) is 0 Å². The van der Waals surface area contributed by atoms with Crippen molar-refractivity contribution < 1.29 is 0 Å². The molecule has 2 aromatic rings. The topological polar surface area (TPSA) is 3.24 Å². The summed E-state index contributed by atoms with van der Waals surface area (Å²) in [6, 6.07) is 18.2. The van der Waals surface area contributed by atoms with Gasteiger partial charge in [0.05, 0.1) is 6.04 Å². The van der Waals surface area contributed by atoms with Crippen molar-refractivity contribution in [3.8, 4) is 0 Å². The highest BCUT2D eigenvalue weighted by Crippen LogP contribution is 2.55. The number of likely N-dealkylation sites (N-methyl/N-ethyl adjacent to an activating group) is 1.